The average Bonchev–Trinajstić information content (AvgIpc) is 3.18. The molecular formula is C34H54O2. The maximum Gasteiger partial charge on any atom is 0.165 e. The van der Waals surface area contributed by atoms with E-state index >= 15 is 0 Å². The highest BCUT2D eigenvalue weighted by Gasteiger charge is 2.63. The number of ether oxygens (including phenoxy) is 1. The Hall–Kier alpha value is -1.41. The minimum atomic E-state index is -0.176. The van der Waals surface area contributed by atoms with Gasteiger partial charge in [0.05, 0.1) is 6.61 Å². The first-order valence-electron chi connectivity index (χ1n) is 15.3. The second-order valence-electron chi connectivity index (χ2n) is 12.5. The van der Waals surface area contributed by atoms with Gasteiger partial charge < -0.3 is 4.74 Å². The van der Waals surface area contributed by atoms with Crippen molar-refractivity contribution in [2.24, 2.45) is 16.7 Å². The first-order chi connectivity index (χ1) is 17.4. The molecule has 0 aliphatic heterocycles. The van der Waals surface area contributed by atoms with E-state index in [-0.39, 0.29) is 10.8 Å². The Balaban J connectivity index is 1.21. The fourth-order valence-electron chi connectivity index (χ4n) is 6.57. The summed E-state index contributed by atoms with van der Waals surface area (Å²) in [4.78, 5) is 13.1. The van der Waals surface area contributed by atoms with Crippen LogP contribution in [0.1, 0.15) is 142 Å². The van der Waals surface area contributed by atoms with Gasteiger partial charge >= 0.3 is 0 Å². The molecule has 0 heterocycles. The molecule has 0 amide bonds. The molecule has 2 atom stereocenters. The highest BCUT2D eigenvalue weighted by Crippen LogP contribution is 2.65. The Morgan fingerprint density at radius 3 is 1.83 bits per heavy atom. The minimum absolute atomic E-state index is 0.0803. The quantitative estimate of drug-likeness (QED) is 0.150. The number of fused-ring (bicyclic) bond motifs is 2. The van der Waals surface area contributed by atoms with E-state index in [0.717, 1.165) is 30.6 Å². The van der Waals surface area contributed by atoms with Crippen molar-refractivity contribution in [2.75, 3.05) is 6.61 Å². The Bertz CT molecular complexity index is 818. The summed E-state index contributed by atoms with van der Waals surface area (Å²) in [5, 5.41) is 0. The van der Waals surface area contributed by atoms with Gasteiger partial charge in [-0.3, -0.25) is 4.79 Å². The summed E-state index contributed by atoms with van der Waals surface area (Å²) < 4.78 is 5.93. The maximum atomic E-state index is 13.1. The lowest BCUT2D eigenvalue weighted by molar-refractivity contribution is -0.125. The minimum Gasteiger partial charge on any atom is -0.377 e. The van der Waals surface area contributed by atoms with Gasteiger partial charge in [0, 0.05) is 12.0 Å². The van der Waals surface area contributed by atoms with Gasteiger partial charge in [0.15, 0.2) is 5.78 Å². The third-order valence-electron chi connectivity index (χ3n) is 9.58. The standard InChI is InChI=1S/C34H54O2/c1-5-6-7-8-9-10-11-12-13-14-15-16-17-18-25-36-27-29-21-19-28(20-22-29)26-30-31-23-24-34(4,32(30)35)33(31,2)3/h19-22,26,31H,5-18,23-25,27H2,1-4H3. The SMILES string of the molecule is CCCCCCCCCCCCCCCCOCc1ccc(C=C2C(=O)C3(C)CCC2C3(C)C)cc1. The first-order valence-corrected chi connectivity index (χ1v) is 15.3. The summed E-state index contributed by atoms with van der Waals surface area (Å²) in [6.45, 7) is 10.6. The molecule has 2 saturated carbocycles. The van der Waals surface area contributed by atoms with E-state index in [1.165, 1.54) is 95.5 Å². The second kappa shape index (κ2) is 14.5. The van der Waals surface area contributed by atoms with Crippen molar-refractivity contribution in [2.45, 2.75) is 137 Å². The molecule has 1 aromatic carbocycles. The second-order valence-corrected chi connectivity index (χ2v) is 12.5. The van der Waals surface area contributed by atoms with Crippen LogP contribution in [0.3, 0.4) is 0 Å². The number of carbonyl (C=O) groups excluding carboxylic acids is 1. The van der Waals surface area contributed by atoms with Crippen molar-refractivity contribution in [3.05, 3.63) is 41.0 Å². The molecule has 2 aliphatic carbocycles. The summed E-state index contributed by atoms with van der Waals surface area (Å²) in [6.07, 6.45) is 23.7. The van der Waals surface area contributed by atoms with Crippen LogP contribution in [0.2, 0.25) is 0 Å². The van der Waals surface area contributed by atoms with Gasteiger partial charge in [-0.05, 0) is 53.4 Å². The van der Waals surface area contributed by atoms with E-state index in [9.17, 15) is 4.79 Å². The smallest absolute Gasteiger partial charge is 0.165 e. The zero-order valence-electron chi connectivity index (χ0n) is 24.0. The number of ketones is 1. The molecule has 2 nitrogen and oxygen atoms in total. The first kappa shape index (κ1) is 29.2. The van der Waals surface area contributed by atoms with Crippen molar-refractivity contribution in [1.29, 1.82) is 0 Å². The van der Waals surface area contributed by atoms with Gasteiger partial charge in [-0.1, -0.05) is 135 Å². The summed E-state index contributed by atoms with van der Waals surface area (Å²) in [5.74, 6) is 0.785. The highest BCUT2D eigenvalue weighted by molar-refractivity contribution is 6.07. The van der Waals surface area contributed by atoms with Crippen LogP contribution in [0.15, 0.2) is 29.8 Å². The molecule has 36 heavy (non-hydrogen) atoms. The zero-order chi connectivity index (χ0) is 25.9. The molecule has 2 heteroatoms. The zero-order valence-corrected chi connectivity index (χ0v) is 24.0. The highest BCUT2D eigenvalue weighted by atomic mass is 16.5. The lowest BCUT2D eigenvalue weighted by Crippen LogP contribution is -2.32. The normalized spacial score (nSPS) is 23.7. The van der Waals surface area contributed by atoms with E-state index in [1.807, 2.05) is 0 Å². The summed E-state index contributed by atoms with van der Waals surface area (Å²) in [6, 6.07) is 8.60. The van der Waals surface area contributed by atoms with Crippen LogP contribution in [-0.4, -0.2) is 12.4 Å². The number of unbranched alkanes of at least 4 members (excludes halogenated alkanes) is 13. The third kappa shape index (κ3) is 7.56. The van der Waals surface area contributed by atoms with Crippen LogP contribution in [0.25, 0.3) is 6.08 Å². The van der Waals surface area contributed by atoms with Crippen LogP contribution in [-0.2, 0) is 16.1 Å². The van der Waals surface area contributed by atoms with Gasteiger partial charge in [0.25, 0.3) is 0 Å². The lowest BCUT2D eigenvalue weighted by Gasteiger charge is -2.31. The van der Waals surface area contributed by atoms with Crippen molar-refractivity contribution < 1.29 is 9.53 Å². The number of hydrogen-bond donors (Lipinski definition) is 0. The number of carbonyl (C=O) groups is 1. The van der Waals surface area contributed by atoms with Gasteiger partial charge in [0.2, 0.25) is 0 Å². The number of Topliss-reactive ketones (excluding diaryl/α,β-unsaturated/α-hetero) is 1. The lowest BCUT2D eigenvalue weighted by atomic mass is 9.70. The average molecular weight is 495 g/mol. The van der Waals surface area contributed by atoms with Crippen LogP contribution in [0.4, 0.5) is 0 Å². The van der Waals surface area contributed by atoms with Crippen molar-refractivity contribution in [1.82, 2.24) is 0 Å². The predicted octanol–water partition coefficient (Wildman–Crippen LogP) is 10.1. The van der Waals surface area contributed by atoms with Crippen LogP contribution >= 0.6 is 0 Å². The molecule has 0 saturated heterocycles. The molecule has 202 valence electrons. The Labute approximate surface area is 222 Å². The maximum absolute atomic E-state index is 13.1. The number of benzene rings is 1. The number of hydrogen-bond acceptors (Lipinski definition) is 2. The van der Waals surface area contributed by atoms with E-state index in [0.29, 0.717) is 18.3 Å². The van der Waals surface area contributed by atoms with Gasteiger partial charge in [-0.15, -0.1) is 0 Å². The molecule has 0 radical (unpaired) electrons. The molecule has 1 aromatic rings. The molecule has 0 aromatic heterocycles. The fourth-order valence-corrected chi connectivity index (χ4v) is 6.57. The largest absolute Gasteiger partial charge is 0.377 e. The molecule has 0 spiro atoms. The van der Waals surface area contributed by atoms with E-state index in [1.54, 1.807) is 0 Å². The predicted molar refractivity (Wildman–Crippen MR) is 154 cm³/mol. The monoisotopic (exact) mass is 494 g/mol. The molecule has 2 unspecified atom stereocenters. The molecule has 2 aliphatic rings. The molecule has 2 bridgehead atoms. The van der Waals surface area contributed by atoms with Gasteiger partial charge in [-0.2, -0.15) is 0 Å². The molecule has 2 fully saturated rings. The molecule has 0 N–H and O–H groups in total. The summed E-state index contributed by atoms with van der Waals surface area (Å²) in [5.41, 5.74) is 3.31. The van der Waals surface area contributed by atoms with Crippen LogP contribution in [0, 0.1) is 16.7 Å². The van der Waals surface area contributed by atoms with Crippen molar-refractivity contribution in [3.8, 4) is 0 Å². The van der Waals surface area contributed by atoms with Gasteiger partial charge in [0.1, 0.15) is 0 Å². The van der Waals surface area contributed by atoms with Crippen molar-refractivity contribution in [3.63, 3.8) is 0 Å². The fraction of sp³-hybridized carbons (Fsp3) is 0.735. The number of rotatable bonds is 18. The van der Waals surface area contributed by atoms with E-state index < -0.39 is 0 Å². The van der Waals surface area contributed by atoms with Gasteiger partial charge in [-0.25, -0.2) is 0 Å². The Morgan fingerprint density at radius 2 is 1.33 bits per heavy atom. The molecular weight excluding hydrogens is 440 g/mol. The topological polar surface area (TPSA) is 26.3 Å². The van der Waals surface area contributed by atoms with E-state index in [2.05, 4.69) is 58.0 Å². The van der Waals surface area contributed by atoms with Crippen LogP contribution < -0.4 is 0 Å². The number of allylic oxidation sites excluding steroid dienone is 1. The molecule has 3 rings (SSSR count). The Morgan fingerprint density at radius 1 is 0.806 bits per heavy atom. The summed E-state index contributed by atoms with van der Waals surface area (Å²) >= 11 is 0. The summed E-state index contributed by atoms with van der Waals surface area (Å²) in [7, 11) is 0. The van der Waals surface area contributed by atoms with Crippen molar-refractivity contribution >= 4 is 11.9 Å². The Kier molecular flexibility index (Phi) is 11.7. The van der Waals surface area contributed by atoms with Crippen LogP contribution in [0.5, 0.6) is 0 Å². The van der Waals surface area contributed by atoms with E-state index in [4.69, 9.17) is 4.74 Å². The third-order valence-corrected chi connectivity index (χ3v) is 9.58.